The zero-order valence-electron chi connectivity index (χ0n) is 18.4. The molecule has 0 spiro atoms. The van der Waals surface area contributed by atoms with Crippen LogP contribution in [0, 0.1) is 0 Å². The molecule has 36 heavy (non-hydrogen) atoms. The fourth-order valence-corrected chi connectivity index (χ4v) is 5.28. The average molecular weight is 551 g/mol. The Kier molecular flexibility index (Phi) is 7.29. The number of amidine groups is 2. The molecule has 178 valence electrons. The molecule has 3 aromatic rings. The van der Waals surface area contributed by atoms with Crippen LogP contribution in [0.25, 0.3) is 12.2 Å². The molecule has 0 atom stereocenters. The topological polar surface area (TPSA) is 82.9 Å². The Morgan fingerprint density at radius 3 is 1.39 bits per heavy atom. The summed E-state index contributed by atoms with van der Waals surface area (Å²) in [6, 6.07) is 21.9. The van der Waals surface area contributed by atoms with Crippen molar-refractivity contribution in [2.24, 2.45) is 9.98 Å². The number of para-hydroxylation sites is 2. The molecule has 3 aromatic carbocycles. The van der Waals surface area contributed by atoms with Gasteiger partial charge in [0.1, 0.15) is 0 Å². The van der Waals surface area contributed by atoms with E-state index >= 15 is 0 Å². The van der Waals surface area contributed by atoms with E-state index < -0.39 is 0 Å². The van der Waals surface area contributed by atoms with Crippen molar-refractivity contribution in [3.05, 3.63) is 104 Å². The van der Waals surface area contributed by atoms with E-state index in [0.717, 1.165) is 11.1 Å². The maximum Gasteiger partial charge on any atom is 0.264 e. The summed E-state index contributed by atoms with van der Waals surface area (Å²) in [6.07, 6.45) is 3.58. The molecular weight excluding hydrogens is 535 g/mol. The number of benzene rings is 3. The first-order chi connectivity index (χ1) is 17.4. The van der Waals surface area contributed by atoms with Crippen LogP contribution < -0.4 is 10.6 Å². The first-order valence-electron chi connectivity index (χ1n) is 10.6. The van der Waals surface area contributed by atoms with Gasteiger partial charge in [-0.25, -0.2) is 9.98 Å². The Hall–Kier alpha value is -3.30. The summed E-state index contributed by atoms with van der Waals surface area (Å²) < 4.78 is 0. The number of rotatable bonds is 4. The van der Waals surface area contributed by atoms with Gasteiger partial charge in [0, 0.05) is 0 Å². The third-order valence-corrected chi connectivity index (χ3v) is 7.44. The minimum absolute atomic E-state index is 0.221. The highest BCUT2D eigenvalue weighted by Gasteiger charge is 2.25. The normalized spacial score (nSPS) is 19.9. The van der Waals surface area contributed by atoms with Crippen LogP contribution in [0.15, 0.2) is 92.6 Å². The molecule has 2 heterocycles. The summed E-state index contributed by atoms with van der Waals surface area (Å²) >= 11 is 14.8. The first-order valence-corrected chi connectivity index (χ1v) is 13.0. The number of halogens is 2. The van der Waals surface area contributed by atoms with E-state index in [1.165, 1.54) is 23.5 Å². The Labute approximate surface area is 225 Å². The van der Waals surface area contributed by atoms with Gasteiger partial charge in [0.25, 0.3) is 11.8 Å². The number of aliphatic imine (C=N–C) groups is 2. The smallest absolute Gasteiger partial charge is 0.264 e. The van der Waals surface area contributed by atoms with Crippen LogP contribution >= 0.6 is 46.7 Å². The highest BCUT2D eigenvalue weighted by Crippen LogP contribution is 2.32. The zero-order chi connectivity index (χ0) is 25.1. The number of carbonyl (C=O) groups excluding carboxylic acids is 2. The Balaban J connectivity index is 1.29. The first kappa shape index (κ1) is 24.4. The van der Waals surface area contributed by atoms with Crippen molar-refractivity contribution in [3.63, 3.8) is 0 Å². The second kappa shape index (κ2) is 10.8. The number of thioether (sulfide) groups is 2. The van der Waals surface area contributed by atoms with Gasteiger partial charge in [0.05, 0.1) is 31.2 Å². The fourth-order valence-electron chi connectivity index (χ4n) is 3.26. The van der Waals surface area contributed by atoms with Gasteiger partial charge in [0.2, 0.25) is 0 Å². The Morgan fingerprint density at radius 1 is 0.611 bits per heavy atom. The number of amides is 2. The van der Waals surface area contributed by atoms with Crippen LogP contribution in [0.4, 0.5) is 11.4 Å². The molecule has 0 saturated carbocycles. The molecule has 2 N–H and O–H groups in total. The molecule has 0 unspecified atom stereocenters. The van der Waals surface area contributed by atoms with Crippen molar-refractivity contribution < 1.29 is 9.59 Å². The van der Waals surface area contributed by atoms with Gasteiger partial charge in [-0.1, -0.05) is 71.7 Å². The number of carbonyl (C=O) groups is 2. The SMILES string of the molecule is O=C1NC(=Nc2ccccc2Cl)S/C1=C/c1ccc(/C=C2/SC(=Nc3ccccc3Cl)NC2=O)cc1. The monoisotopic (exact) mass is 550 g/mol. The molecular formula is C26H16Cl2N4O2S2. The lowest BCUT2D eigenvalue weighted by atomic mass is 10.1. The molecule has 0 bridgehead atoms. The molecule has 2 amide bonds. The summed E-state index contributed by atoms with van der Waals surface area (Å²) in [5, 5.41) is 7.49. The molecule has 6 nitrogen and oxygen atoms in total. The highest BCUT2D eigenvalue weighted by atomic mass is 35.5. The number of nitrogens with zero attached hydrogens (tertiary/aromatic N) is 2. The molecule has 10 heteroatoms. The van der Waals surface area contributed by atoms with E-state index in [2.05, 4.69) is 20.6 Å². The molecule has 2 fully saturated rings. The maximum atomic E-state index is 12.4. The van der Waals surface area contributed by atoms with Crippen LogP contribution in [0.5, 0.6) is 0 Å². The van der Waals surface area contributed by atoms with Crippen molar-refractivity contribution in [1.82, 2.24) is 10.6 Å². The number of hydrogen-bond acceptors (Lipinski definition) is 6. The van der Waals surface area contributed by atoms with Crippen LogP contribution in [0.1, 0.15) is 11.1 Å². The maximum absolute atomic E-state index is 12.4. The van der Waals surface area contributed by atoms with E-state index in [1.54, 1.807) is 36.4 Å². The quantitative estimate of drug-likeness (QED) is 0.351. The van der Waals surface area contributed by atoms with Gasteiger partial charge >= 0.3 is 0 Å². The highest BCUT2D eigenvalue weighted by molar-refractivity contribution is 8.19. The Morgan fingerprint density at radius 2 is 1.00 bits per heavy atom. The van der Waals surface area contributed by atoms with Crippen LogP contribution in [0.2, 0.25) is 10.0 Å². The number of nitrogens with one attached hydrogen (secondary N) is 2. The predicted octanol–water partition coefficient (Wildman–Crippen LogP) is 6.78. The van der Waals surface area contributed by atoms with Gasteiger partial charge in [-0.3, -0.25) is 9.59 Å². The lowest BCUT2D eigenvalue weighted by molar-refractivity contribution is -0.116. The van der Waals surface area contributed by atoms with Gasteiger partial charge in [0.15, 0.2) is 10.3 Å². The van der Waals surface area contributed by atoms with Gasteiger partial charge in [-0.15, -0.1) is 0 Å². The third-order valence-electron chi connectivity index (χ3n) is 4.98. The van der Waals surface area contributed by atoms with E-state index in [4.69, 9.17) is 23.2 Å². The van der Waals surface area contributed by atoms with Gasteiger partial charge in [-0.2, -0.15) is 0 Å². The summed E-state index contributed by atoms with van der Waals surface area (Å²) in [5.41, 5.74) is 2.88. The molecule has 2 saturated heterocycles. The lowest BCUT2D eigenvalue weighted by Crippen LogP contribution is -2.19. The summed E-state index contributed by atoms with van der Waals surface area (Å²) in [5.74, 6) is -0.442. The van der Waals surface area contributed by atoms with Gasteiger partial charge in [-0.05, 0) is 71.1 Å². The zero-order valence-corrected chi connectivity index (χ0v) is 21.5. The summed E-state index contributed by atoms with van der Waals surface area (Å²) in [4.78, 5) is 34.7. The fraction of sp³-hybridized carbons (Fsp3) is 0. The molecule has 0 radical (unpaired) electrons. The largest absolute Gasteiger partial charge is 0.300 e. The van der Waals surface area contributed by atoms with Crippen molar-refractivity contribution in [2.45, 2.75) is 0 Å². The number of hydrogen-bond donors (Lipinski definition) is 2. The second-order valence-electron chi connectivity index (χ2n) is 7.53. The molecule has 0 aliphatic carbocycles. The van der Waals surface area contributed by atoms with E-state index in [-0.39, 0.29) is 11.8 Å². The van der Waals surface area contributed by atoms with Crippen LogP contribution in [-0.4, -0.2) is 22.1 Å². The van der Waals surface area contributed by atoms with Crippen LogP contribution in [0.3, 0.4) is 0 Å². The van der Waals surface area contributed by atoms with Crippen LogP contribution in [-0.2, 0) is 9.59 Å². The molecule has 5 rings (SSSR count). The van der Waals surface area contributed by atoms with Crippen molar-refractivity contribution in [2.75, 3.05) is 0 Å². The second-order valence-corrected chi connectivity index (χ2v) is 10.4. The Bertz CT molecular complexity index is 1390. The van der Waals surface area contributed by atoms with E-state index in [9.17, 15) is 9.59 Å². The lowest BCUT2D eigenvalue weighted by Gasteiger charge is -1.99. The summed E-state index contributed by atoms with van der Waals surface area (Å²) in [6.45, 7) is 0. The minimum atomic E-state index is -0.221. The predicted molar refractivity (Wildman–Crippen MR) is 151 cm³/mol. The third kappa shape index (κ3) is 5.74. The van der Waals surface area contributed by atoms with Crippen molar-refractivity contribution in [1.29, 1.82) is 0 Å². The minimum Gasteiger partial charge on any atom is -0.300 e. The molecule has 0 aromatic heterocycles. The summed E-state index contributed by atoms with van der Waals surface area (Å²) in [7, 11) is 0. The molecule has 2 aliphatic rings. The van der Waals surface area contributed by atoms with Gasteiger partial charge < -0.3 is 10.6 Å². The van der Waals surface area contributed by atoms with E-state index in [1.807, 2.05) is 48.5 Å². The van der Waals surface area contributed by atoms with E-state index in [0.29, 0.717) is 41.6 Å². The van der Waals surface area contributed by atoms with Crippen molar-refractivity contribution >= 4 is 92.4 Å². The standard InChI is InChI=1S/C26H16Cl2N4O2S2/c27-17-5-1-3-7-19(17)29-25-31-23(33)21(35-25)13-15-9-11-16(12-10-15)14-22-24(34)32-26(36-22)30-20-8-4-2-6-18(20)28/h1-14H,(H,29,31,33)(H,30,32,34)/b21-13+,22-14+. The molecule has 2 aliphatic heterocycles. The van der Waals surface area contributed by atoms with Crippen molar-refractivity contribution in [3.8, 4) is 0 Å². The average Bonchev–Trinajstić information content (AvgIpc) is 3.38.